The van der Waals surface area contributed by atoms with Gasteiger partial charge in [-0.25, -0.2) is 13.2 Å². The minimum absolute atomic E-state index is 0.0852. The van der Waals surface area contributed by atoms with E-state index in [0.717, 1.165) is 48.3 Å². The van der Waals surface area contributed by atoms with Crippen LogP contribution in [0.4, 0.5) is 13.2 Å². The van der Waals surface area contributed by atoms with Crippen molar-refractivity contribution in [1.82, 2.24) is 0 Å². The van der Waals surface area contributed by atoms with Gasteiger partial charge in [0.05, 0.1) is 0 Å². The van der Waals surface area contributed by atoms with Crippen molar-refractivity contribution < 1.29 is 13.2 Å². The molecule has 0 saturated heterocycles. The Morgan fingerprint density at radius 2 is 1.60 bits per heavy atom. The molecule has 4 rings (SSSR count). The smallest absolute Gasteiger partial charge is 0.133 e. The van der Waals surface area contributed by atoms with Gasteiger partial charge in [0.1, 0.15) is 17.5 Å². The Hall–Kier alpha value is -2.03. The Labute approximate surface area is 178 Å². The number of unbranched alkanes of at least 4 members (excludes halogenated alkanes) is 2. The van der Waals surface area contributed by atoms with Gasteiger partial charge in [-0.05, 0) is 96.9 Å². The summed E-state index contributed by atoms with van der Waals surface area (Å²) in [5.74, 6) is -0.167. The molecule has 0 amide bonds. The van der Waals surface area contributed by atoms with Crippen LogP contribution in [-0.2, 0) is 6.42 Å². The first-order valence-corrected chi connectivity index (χ1v) is 11.5. The topological polar surface area (TPSA) is 0 Å². The van der Waals surface area contributed by atoms with Gasteiger partial charge in [-0.3, -0.25) is 0 Å². The second kappa shape index (κ2) is 9.41. The van der Waals surface area contributed by atoms with Gasteiger partial charge in [0, 0.05) is 5.56 Å². The van der Waals surface area contributed by atoms with Crippen molar-refractivity contribution in [2.75, 3.05) is 0 Å². The fraction of sp³-hybridized carbons (Fsp3) is 0.481. The lowest BCUT2D eigenvalue weighted by molar-refractivity contribution is 0.302. The molecule has 2 aliphatic carbocycles. The molecule has 0 aromatic heterocycles. The molecule has 0 heterocycles. The average molecular weight is 413 g/mol. The number of fused-ring (bicyclic) bond motifs is 1. The summed E-state index contributed by atoms with van der Waals surface area (Å²) in [5.41, 5.74) is 3.30. The van der Waals surface area contributed by atoms with Crippen LogP contribution in [0.1, 0.15) is 92.9 Å². The molecule has 1 saturated carbocycles. The molecular formula is C27H31F3. The van der Waals surface area contributed by atoms with Crippen LogP contribution in [0.3, 0.4) is 0 Å². The van der Waals surface area contributed by atoms with Gasteiger partial charge < -0.3 is 0 Å². The molecule has 0 bridgehead atoms. The maximum atomic E-state index is 15.0. The number of rotatable bonds is 6. The molecule has 3 heteroatoms. The summed E-state index contributed by atoms with van der Waals surface area (Å²) in [5, 5.41) is 0. The van der Waals surface area contributed by atoms with Gasteiger partial charge in [0.2, 0.25) is 0 Å². The SMILES string of the molecule is CCCCCC1CCC(c2cc(F)c(C3=Cc4ccc(F)cc4CC3)c(F)c2)CC1. The van der Waals surface area contributed by atoms with Crippen molar-refractivity contribution in [3.63, 3.8) is 0 Å². The predicted molar refractivity (Wildman–Crippen MR) is 118 cm³/mol. The summed E-state index contributed by atoms with van der Waals surface area (Å²) in [7, 11) is 0. The number of hydrogen-bond acceptors (Lipinski definition) is 0. The molecule has 2 aromatic rings. The summed E-state index contributed by atoms with van der Waals surface area (Å²) >= 11 is 0. The lowest BCUT2D eigenvalue weighted by Crippen LogP contribution is -2.14. The van der Waals surface area contributed by atoms with E-state index in [2.05, 4.69) is 6.92 Å². The predicted octanol–water partition coefficient (Wildman–Crippen LogP) is 8.44. The van der Waals surface area contributed by atoms with Gasteiger partial charge >= 0.3 is 0 Å². The monoisotopic (exact) mass is 412 g/mol. The third-order valence-electron chi connectivity index (χ3n) is 7.02. The van der Waals surface area contributed by atoms with E-state index in [9.17, 15) is 4.39 Å². The Bertz CT molecular complexity index is 897. The van der Waals surface area contributed by atoms with Gasteiger partial charge in [0.25, 0.3) is 0 Å². The highest BCUT2D eigenvalue weighted by molar-refractivity contribution is 5.84. The van der Waals surface area contributed by atoms with Crippen molar-refractivity contribution in [3.8, 4) is 0 Å². The van der Waals surface area contributed by atoms with E-state index in [4.69, 9.17) is 0 Å². The summed E-state index contributed by atoms with van der Waals surface area (Å²) in [6.07, 6.45) is 12.4. The van der Waals surface area contributed by atoms with E-state index in [-0.39, 0.29) is 17.3 Å². The molecule has 0 aliphatic heterocycles. The highest BCUT2D eigenvalue weighted by Gasteiger charge is 2.25. The van der Waals surface area contributed by atoms with E-state index in [1.54, 1.807) is 24.3 Å². The first-order valence-electron chi connectivity index (χ1n) is 11.5. The van der Waals surface area contributed by atoms with Crippen molar-refractivity contribution in [2.24, 2.45) is 5.92 Å². The van der Waals surface area contributed by atoms with Crippen LogP contribution in [0, 0.1) is 23.4 Å². The second-order valence-corrected chi connectivity index (χ2v) is 9.09. The maximum absolute atomic E-state index is 15.0. The lowest BCUT2D eigenvalue weighted by atomic mass is 9.76. The van der Waals surface area contributed by atoms with E-state index in [1.807, 2.05) is 0 Å². The molecule has 2 aliphatic rings. The van der Waals surface area contributed by atoms with Gasteiger partial charge in [-0.2, -0.15) is 0 Å². The summed E-state index contributed by atoms with van der Waals surface area (Å²) in [6, 6.07) is 7.71. The first-order chi connectivity index (χ1) is 14.5. The number of allylic oxidation sites excluding steroid dienone is 1. The van der Waals surface area contributed by atoms with Crippen molar-refractivity contribution in [1.29, 1.82) is 0 Å². The Morgan fingerprint density at radius 1 is 0.867 bits per heavy atom. The number of aryl methyl sites for hydroxylation is 1. The highest BCUT2D eigenvalue weighted by atomic mass is 19.1. The molecular weight excluding hydrogens is 381 g/mol. The first kappa shape index (κ1) is 21.2. The largest absolute Gasteiger partial charge is 0.207 e. The molecule has 0 radical (unpaired) electrons. The molecule has 0 spiro atoms. The average Bonchev–Trinajstić information content (AvgIpc) is 2.74. The zero-order chi connectivity index (χ0) is 21.1. The molecule has 0 N–H and O–H groups in total. The normalized spacial score (nSPS) is 21.3. The maximum Gasteiger partial charge on any atom is 0.133 e. The van der Waals surface area contributed by atoms with E-state index < -0.39 is 11.6 Å². The van der Waals surface area contributed by atoms with Crippen molar-refractivity contribution in [3.05, 3.63) is 70.0 Å². The van der Waals surface area contributed by atoms with Crippen molar-refractivity contribution in [2.45, 2.75) is 77.0 Å². The Kier molecular flexibility index (Phi) is 6.65. The minimum Gasteiger partial charge on any atom is -0.207 e. The van der Waals surface area contributed by atoms with Crippen LogP contribution in [0.15, 0.2) is 30.3 Å². The molecule has 2 aromatic carbocycles. The fourth-order valence-electron chi connectivity index (χ4n) is 5.26. The van der Waals surface area contributed by atoms with Crippen LogP contribution in [0.2, 0.25) is 0 Å². The molecule has 0 nitrogen and oxygen atoms in total. The number of benzene rings is 2. The van der Waals surface area contributed by atoms with E-state index >= 15 is 8.78 Å². The summed E-state index contributed by atoms with van der Waals surface area (Å²) < 4.78 is 43.5. The van der Waals surface area contributed by atoms with Crippen LogP contribution >= 0.6 is 0 Å². The molecule has 1 fully saturated rings. The van der Waals surface area contributed by atoms with Gasteiger partial charge in [-0.1, -0.05) is 44.7 Å². The van der Waals surface area contributed by atoms with Crippen LogP contribution in [0.25, 0.3) is 11.6 Å². The van der Waals surface area contributed by atoms with Gasteiger partial charge in [0.15, 0.2) is 0 Å². The number of halogens is 3. The fourth-order valence-corrected chi connectivity index (χ4v) is 5.26. The minimum atomic E-state index is -0.466. The van der Waals surface area contributed by atoms with Crippen molar-refractivity contribution >= 4 is 11.6 Å². The molecule has 160 valence electrons. The second-order valence-electron chi connectivity index (χ2n) is 9.09. The van der Waals surface area contributed by atoms with Crippen LogP contribution in [-0.4, -0.2) is 0 Å². The highest BCUT2D eigenvalue weighted by Crippen LogP contribution is 2.40. The van der Waals surface area contributed by atoms with Crippen LogP contribution < -0.4 is 0 Å². The third-order valence-corrected chi connectivity index (χ3v) is 7.02. The van der Waals surface area contributed by atoms with Crippen LogP contribution in [0.5, 0.6) is 0 Å². The quantitative estimate of drug-likeness (QED) is 0.418. The Balaban J connectivity index is 1.49. The molecule has 0 atom stereocenters. The van der Waals surface area contributed by atoms with E-state index in [1.165, 1.54) is 37.8 Å². The van der Waals surface area contributed by atoms with E-state index in [0.29, 0.717) is 18.4 Å². The molecule has 30 heavy (non-hydrogen) atoms. The van der Waals surface area contributed by atoms with Gasteiger partial charge in [-0.15, -0.1) is 0 Å². The Morgan fingerprint density at radius 3 is 2.30 bits per heavy atom. The zero-order valence-electron chi connectivity index (χ0n) is 17.8. The summed E-state index contributed by atoms with van der Waals surface area (Å²) in [6.45, 7) is 2.23. The standard InChI is InChI=1S/C27H31F3/c1-2-3-4-5-18-6-8-19(9-7-18)23-16-25(29)27(26(30)17-23)22-11-10-21-15-24(28)13-12-20(21)14-22/h12-19H,2-11H2,1H3. The molecule has 0 unspecified atom stereocenters. The zero-order valence-corrected chi connectivity index (χ0v) is 17.8. The summed E-state index contributed by atoms with van der Waals surface area (Å²) in [4.78, 5) is 0. The lowest BCUT2D eigenvalue weighted by Gasteiger charge is -2.29. The third kappa shape index (κ3) is 4.66. The number of hydrogen-bond donors (Lipinski definition) is 0.